The van der Waals surface area contributed by atoms with Gasteiger partial charge in [0.05, 0.1) is 5.41 Å². The van der Waals surface area contributed by atoms with Gasteiger partial charge in [0, 0.05) is 18.2 Å². The molecule has 0 aromatic heterocycles. The number of hydrogen-bond donors (Lipinski definition) is 3. The van der Waals surface area contributed by atoms with Crippen molar-refractivity contribution in [1.82, 2.24) is 5.32 Å². The number of nitrogens with one attached hydrogen (secondary N) is 1. The first-order chi connectivity index (χ1) is 10.6. The number of aliphatic hydroxyl groups is 1. The first-order valence-electron chi connectivity index (χ1n) is 7.92. The summed E-state index contributed by atoms with van der Waals surface area (Å²) < 4.78 is 0. The Hall–Kier alpha value is -1.88. The molecule has 1 aromatic rings. The second kappa shape index (κ2) is 5.72. The highest BCUT2D eigenvalue weighted by atomic mass is 16.3. The van der Waals surface area contributed by atoms with Gasteiger partial charge in [-0.3, -0.25) is 9.59 Å². The molecular formula is C17H22N2O3. The zero-order valence-electron chi connectivity index (χ0n) is 12.5. The first kappa shape index (κ1) is 15.0. The zero-order chi connectivity index (χ0) is 15.7. The van der Waals surface area contributed by atoms with Gasteiger partial charge in [0.2, 0.25) is 11.8 Å². The minimum absolute atomic E-state index is 0.00488. The van der Waals surface area contributed by atoms with Crippen LogP contribution in [0.5, 0.6) is 0 Å². The van der Waals surface area contributed by atoms with Crippen LogP contribution in [0.4, 0.5) is 0 Å². The zero-order valence-corrected chi connectivity index (χ0v) is 12.5. The molecule has 2 fully saturated rings. The summed E-state index contributed by atoms with van der Waals surface area (Å²) in [5.74, 6) is -0.264. The third-order valence-corrected chi connectivity index (χ3v) is 5.31. The van der Waals surface area contributed by atoms with Crippen molar-refractivity contribution >= 4 is 11.8 Å². The van der Waals surface area contributed by atoms with Crippen molar-refractivity contribution in [2.24, 2.45) is 11.7 Å². The summed E-state index contributed by atoms with van der Waals surface area (Å²) in [7, 11) is 0. The predicted molar refractivity (Wildman–Crippen MR) is 82.2 cm³/mol. The van der Waals surface area contributed by atoms with E-state index >= 15 is 0 Å². The van der Waals surface area contributed by atoms with Gasteiger partial charge in [0.25, 0.3) is 0 Å². The van der Waals surface area contributed by atoms with E-state index in [-0.39, 0.29) is 24.5 Å². The van der Waals surface area contributed by atoms with Crippen molar-refractivity contribution in [3.63, 3.8) is 0 Å². The third-order valence-electron chi connectivity index (χ3n) is 5.31. The molecule has 22 heavy (non-hydrogen) atoms. The maximum absolute atomic E-state index is 12.8. The van der Waals surface area contributed by atoms with Gasteiger partial charge in [0.1, 0.15) is 0 Å². The number of benzene rings is 1. The summed E-state index contributed by atoms with van der Waals surface area (Å²) >= 11 is 0. The average Bonchev–Trinajstić information content (AvgIpc) is 2.81. The first-order valence-corrected chi connectivity index (χ1v) is 7.92. The van der Waals surface area contributed by atoms with Crippen LogP contribution in [0.25, 0.3) is 0 Å². The van der Waals surface area contributed by atoms with E-state index in [1.807, 2.05) is 12.1 Å². The van der Waals surface area contributed by atoms with Gasteiger partial charge < -0.3 is 16.2 Å². The van der Waals surface area contributed by atoms with Crippen molar-refractivity contribution < 1.29 is 14.7 Å². The second-order valence-electron chi connectivity index (χ2n) is 6.36. The number of carbonyl (C=O) groups is 2. The van der Waals surface area contributed by atoms with Crippen LogP contribution in [0.3, 0.4) is 0 Å². The molecule has 118 valence electrons. The molecule has 3 rings (SSSR count). The maximum atomic E-state index is 12.8. The Morgan fingerprint density at radius 2 is 1.95 bits per heavy atom. The molecule has 4 N–H and O–H groups in total. The van der Waals surface area contributed by atoms with Gasteiger partial charge in [-0.15, -0.1) is 0 Å². The number of hydrogen-bond acceptors (Lipinski definition) is 3. The van der Waals surface area contributed by atoms with E-state index in [2.05, 4.69) is 5.32 Å². The van der Waals surface area contributed by atoms with Crippen LogP contribution in [0, 0.1) is 5.92 Å². The molecule has 0 spiro atoms. The second-order valence-corrected chi connectivity index (χ2v) is 6.36. The Kier molecular flexibility index (Phi) is 3.91. The normalized spacial score (nSPS) is 30.7. The molecule has 5 heteroatoms. The Labute approximate surface area is 129 Å². The SMILES string of the molecule is NC(=O)c1ccc(C2(CCO)C(=O)NC3CCCCC32)cc1. The van der Waals surface area contributed by atoms with Crippen molar-refractivity contribution in [2.75, 3.05) is 6.61 Å². The van der Waals surface area contributed by atoms with Gasteiger partial charge >= 0.3 is 0 Å². The molecule has 1 heterocycles. The van der Waals surface area contributed by atoms with Crippen molar-refractivity contribution in [1.29, 1.82) is 0 Å². The van der Waals surface area contributed by atoms with Crippen molar-refractivity contribution in [3.8, 4) is 0 Å². The van der Waals surface area contributed by atoms with Crippen LogP contribution in [-0.4, -0.2) is 29.6 Å². The summed E-state index contributed by atoms with van der Waals surface area (Å²) in [5, 5.41) is 12.7. The molecule has 1 saturated heterocycles. The summed E-state index contributed by atoms with van der Waals surface area (Å²) in [4.78, 5) is 24.0. The largest absolute Gasteiger partial charge is 0.396 e. The summed E-state index contributed by atoms with van der Waals surface area (Å²) in [6, 6.07) is 7.16. The number of carbonyl (C=O) groups excluding carboxylic acids is 2. The van der Waals surface area contributed by atoms with Crippen LogP contribution in [0.1, 0.15) is 48.0 Å². The van der Waals surface area contributed by atoms with Crippen LogP contribution >= 0.6 is 0 Å². The standard InChI is InChI=1S/C17H22N2O3/c18-15(21)11-5-7-12(8-6-11)17(9-10-20)13-3-1-2-4-14(13)19-16(17)22/h5-8,13-14,20H,1-4,9-10H2,(H2,18,21)(H,19,22). The molecule has 2 amide bonds. The monoisotopic (exact) mass is 302 g/mol. The fourth-order valence-electron chi connectivity index (χ4n) is 4.26. The Bertz CT molecular complexity index is 584. The van der Waals surface area contributed by atoms with Gasteiger partial charge in [-0.2, -0.15) is 0 Å². The minimum Gasteiger partial charge on any atom is -0.396 e. The summed E-state index contributed by atoms with van der Waals surface area (Å²) in [6.45, 7) is -0.0335. The topological polar surface area (TPSA) is 92.4 Å². The molecule has 5 nitrogen and oxygen atoms in total. The Balaban J connectivity index is 2.03. The van der Waals surface area contributed by atoms with Gasteiger partial charge in [-0.1, -0.05) is 25.0 Å². The smallest absolute Gasteiger partial charge is 0.248 e. The lowest BCUT2D eigenvalue weighted by Gasteiger charge is -2.36. The van der Waals surface area contributed by atoms with Gasteiger partial charge in [-0.05, 0) is 42.9 Å². The van der Waals surface area contributed by atoms with E-state index in [4.69, 9.17) is 5.73 Å². The number of fused-ring (bicyclic) bond motifs is 1. The van der Waals surface area contributed by atoms with E-state index in [0.29, 0.717) is 12.0 Å². The average molecular weight is 302 g/mol. The van der Waals surface area contributed by atoms with Gasteiger partial charge in [0.15, 0.2) is 0 Å². The number of amides is 2. The van der Waals surface area contributed by atoms with E-state index in [0.717, 1.165) is 31.2 Å². The molecule has 2 aliphatic rings. The minimum atomic E-state index is -0.685. The quantitative estimate of drug-likeness (QED) is 0.777. The van der Waals surface area contributed by atoms with E-state index in [9.17, 15) is 14.7 Å². The van der Waals surface area contributed by atoms with E-state index in [1.165, 1.54) is 0 Å². The molecule has 1 aliphatic carbocycles. The lowest BCUT2D eigenvalue weighted by molar-refractivity contribution is -0.125. The number of primary amides is 1. The molecule has 3 atom stereocenters. The van der Waals surface area contributed by atoms with E-state index < -0.39 is 11.3 Å². The highest BCUT2D eigenvalue weighted by Crippen LogP contribution is 2.47. The number of aliphatic hydroxyl groups excluding tert-OH is 1. The maximum Gasteiger partial charge on any atom is 0.248 e. The van der Waals surface area contributed by atoms with E-state index in [1.54, 1.807) is 12.1 Å². The molecule has 1 aliphatic heterocycles. The molecule has 0 bridgehead atoms. The van der Waals surface area contributed by atoms with Crippen LogP contribution in [0.15, 0.2) is 24.3 Å². The third kappa shape index (κ3) is 2.20. The fourth-order valence-corrected chi connectivity index (χ4v) is 4.26. The number of rotatable bonds is 4. The fraction of sp³-hybridized carbons (Fsp3) is 0.529. The lowest BCUT2D eigenvalue weighted by Crippen LogP contribution is -2.41. The summed E-state index contributed by atoms with van der Waals surface area (Å²) in [6.07, 6.45) is 4.65. The molecule has 1 aromatic carbocycles. The van der Waals surface area contributed by atoms with Gasteiger partial charge in [-0.25, -0.2) is 0 Å². The highest BCUT2D eigenvalue weighted by Gasteiger charge is 2.55. The highest BCUT2D eigenvalue weighted by molar-refractivity contribution is 5.94. The van der Waals surface area contributed by atoms with Crippen molar-refractivity contribution in [2.45, 2.75) is 43.6 Å². The summed E-state index contributed by atoms with van der Waals surface area (Å²) in [5.41, 5.74) is 5.91. The lowest BCUT2D eigenvalue weighted by atomic mass is 9.64. The molecular weight excluding hydrogens is 280 g/mol. The molecule has 1 saturated carbocycles. The molecule has 3 unspecified atom stereocenters. The molecule has 0 radical (unpaired) electrons. The number of nitrogens with two attached hydrogens (primary N) is 1. The van der Waals surface area contributed by atoms with Crippen LogP contribution < -0.4 is 11.1 Å². The Morgan fingerprint density at radius 1 is 1.27 bits per heavy atom. The predicted octanol–water partition coefficient (Wildman–Crippen LogP) is 1.09. The van der Waals surface area contributed by atoms with Crippen molar-refractivity contribution in [3.05, 3.63) is 35.4 Å². The Morgan fingerprint density at radius 3 is 2.59 bits per heavy atom. The van der Waals surface area contributed by atoms with Crippen LogP contribution in [-0.2, 0) is 10.2 Å². The van der Waals surface area contributed by atoms with Crippen LogP contribution in [0.2, 0.25) is 0 Å².